The summed E-state index contributed by atoms with van der Waals surface area (Å²) in [6.45, 7) is 0. The molecule has 2 aromatic rings. The molecule has 3 nitrogen and oxygen atoms in total. The highest BCUT2D eigenvalue weighted by Crippen LogP contribution is 2.21. The Balaban J connectivity index is 2.32. The van der Waals surface area contributed by atoms with Gasteiger partial charge >= 0.3 is 0 Å². The van der Waals surface area contributed by atoms with E-state index in [2.05, 4.69) is 0 Å². The minimum atomic E-state index is -1.44. The van der Waals surface area contributed by atoms with Crippen molar-refractivity contribution in [2.45, 2.75) is 0 Å². The molecule has 0 saturated heterocycles. The highest BCUT2D eigenvalue weighted by Gasteiger charge is 2.16. The van der Waals surface area contributed by atoms with Crippen LogP contribution in [0.4, 0.5) is 28.9 Å². The van der Waals surface area contributed by atoms with Gasteiger partial charge in [-0.25, -0.2) is 17.6 Å². The van der Waals surface area contributed by atoms with Crippen molar-refractivity contribution in [1.82, 2.24) is 0 Å². The number of amides is 1. The summed E-state index contributed by atoms with van der Waals surface area (Å²) >= 11 is 0. The normalized spacial score (nSPS) is 10.4. The van der Waals surface area contributed by atoms with Gasteiger partial charge < -0.3 is 11.1 Å². The maximum atomic E-state index is 13.4. The molecule has 0 spiro atoms. The monoisotopic (exact) mass is 284 g/mol. The summed E-state index contributed by atoms with van der Waals surface area (Å²) < 4.78 is 52.2. The number of hydrogen-bond donors (Lipinski definition) is 2. The van der Waals surface area contributed by atoms with Crippen LogP contribution >= 0.6 is 0 Å². The molecule has 0 bridgehead atoms. The van der Waals surface area contributed by atoms with Gasteiger partial charge in [0, 0.05) is 17.8 Å². The fourth-order valence-corrected chi connectivity index (χ4v) is 1.58. The van der Waals surface area contributed by atoms with Crippen molar-refractivity contribution in [3.05, 3.63) is 59.2 Å². The molecule has 0 aliphatic rings. The number of carbonyl (C=O) groups is 1. The second-order valence-electron chi connectivity index (χ2n) is 3.93. The van der Waals surface area contributed by atoms with Gasteiger partial charge in [0.2, 0.25) is 0 Å². The third-order valence-corrected chi connectivity index (χ3v) is 2.50. The van der Waals surface area contributed by atoms with Crippen molar-refractivity contribution < 1.29 is 22.4 Å². The fourth-order valence-electron chi connectivity index (χ4n) is 1.58. The van der Waals surface area contributed by atoms with Gasteiger partial charge in [0.05, 0.1) is 11.3 Å². The molecule has 0 aliphatic heterocycles. The first-order valence-electron chi connectivity index (χ1n) is 5.39. The Hall–Kier alpha value is -2.57. The standard InChI is InChI=1S/C13H8F4N2O/c14-6-1-2-8(10(18)4-6)13(20)19-11-5-7(15)3-9(16)12(11)17/h1-5H,18H2,(H,19,20). The molecule has 20 heavy (non-hydrogen) atoms. The minimum absolute atomic E-state index is 0.143. The van der Waals surface area contributed by atoms with Crippen LogP contribution in [-0.4, -0.2) is 5.91 Å². The summed E-state index contributed by atoms with van der Waals surface area (Å²) in [6, 6.07) is 3.92. The lowest BCUT2D eigenvalue weighted by Gasteiger charge is -2.09. The summed E-state index contributed by atoms with van der Waals surface area (Å²) in [5.41, 5.74) is 4.44. The van der Waals surface area contributed by atoms with Crippen LogP contribution in [-0.2, 0) is 0 Å². The van der Waals surface area contributed by atoms with Crippen LogP contribution in [0, 0.1) is 23.3 Å². The van der Waals surface area contributed by atoms with Crippen molar-refractivity contribution in [3.8, 4) is 0 Å². The largest absolute Gasteiger partial charge is 0.398 e. The van der Waals surface area contributed by atoms with Crippen LogP contribution in [0.5, 0.6) is 0 Å². The summed E-state index contributed by atoms with van der Waals surface area (Å²) in [5.74, 6) is -5.45. The number of rotatable bonds is 2. The zero-order valence-corrected chi connectivity index (χ0v) is 9.88. The van der Waals surface area contributed by atoms with E-state index in [1.54, 1.807) is 0 Å². The number of anilines is 2. The van der Waals surface area contributed by atoms with Crippen LogP contribution in [0.2, 0.25) is 0 Å². The quantitative estimate of drug-likeness (QED) is 0.506. The summed E-state index contributed by atoms with van der Waals surface area (Å²) in [6.07, 6.45) is 0. The van der Waals surface area contributed by atoms with Crippen LogP contribution < -0.4 is 11.1 Å². The lowest BCUT2D eigenvalue weighted by Crippen LogP contribution is -2.15. The molecule has 104 valence electrons. The Morgan fingerprint density at radius 3 is 2.35 bits per heavy atom. The van der Waals surface area contributed by atoms with Gasteiger partial charge in [-0.2, -0.15) is 0 Å². The first-order chi connectivity index (χ1) is 9.38. The maximum absolute atomic E-state index is 13.4. The van der Waals surface area contributed by atoms with Gasteiger partial charge in [-0.05, 0) is 18.2 Å². The van der Waals surface area contributed by atoms with Crippen molar-refractivity contribution in [3.63, 3.8) is 0 Å². The van der Waals surface area contributed by atoms with E-state index in [1.165, 1.54) is 0 Å². The van der Waals surface area contributed by atoms with E-state index in [0.717, 1.165) is 18.2 Å². The second-order valence-corrected chi connectivity index (χ2v) is 3.93. The average Bonchev–Trinajstić information content (AvgIpc) is 2.35. The van der Waals surface area contributed by atoms with Crippen LogP contribution in [0.1, 0.15) is 10.4 Å². The molecule has 0 aliphatic carbocycles. The van der Waals surface area contributed by atoms with Crippen molar-refractivity contribution in [2.75, 3.05) is 11.1 Å². The fraction of sp³-hybridized carbons (Fsp3) is 0. The predicted octanol–water partition coefficient (Wildman–Crippen LogP) is 3.08. The Morgan fingerprint density at radius 1 is 1.00 bits per heavy atom. The van der Waals surface area contributed by atoms with E-state index < -0.39 is 34.9 Å². The molecule has 0 unspecified atom stereocenters. The van der Waals surface area contributed by atoms with E-state index in [0.29, 0.717) is 12.1 Å². The third-order valence-electron chi connectivity index (χ3n) is 2.50. The number of halogens is 4. The smallest absolute Gasteiger partial charge is 0.257 e. The van der Waals surface area contributed by atoms with Crippen molar-refractivity contribution >= 4 is 17.3 Å². The maximum Gasteiger partial charge on any atom is 0.257 e. The Morgan fingerprint density at radius 2 is 1.70 bits per heavy atom. The van der Waals surface area contributed by atoms with Gasteiger partial charge in [-0.3, -0.25) is 4.79 Å². The SMILES string of the molecule is Nc1cc(F)ccc1C(=O)Nc1cc(F)cc(F)c1F. The second kappa shape index (κ2) is 5.20. The molecule has 0 saturated carbocycles. The molecule has 2 rings (SSSR count). The predicted molar refractivity (Wildman–Crippen MR) is 65.1 cm³/mol. The molecule has 0 radical (unpaired) electrons. The molecule has 0 atom stereocenters. The van der Waals surface area contributed by atoms with E-state index in [1.807, 2.05) is 5.32 Å². The van der Waals surface area contributed by atoms with Crippen LogP contribution in [0.15, 0.2) is 30.3 Å². The molecule has 0 fully saturated rings. The van der Waals surface area contributed by atoms with E-state index in [-0.39, 0.29) is 11.3 Å². The van der Waals surface area contributed by atoms with Gasteiger partial charge in [-0.15, -0.1) is 0 Å². The van der Waals surface area contributed by atoms with Crippen LogP contribution in [0.25, 0.3) is 0 Å². The van der Waals surface area contributed by atoms with Crippen molar-refractivity contribution in [2.24, 2.45) is 0 Å². The molecule has 2 aromatic carbocycles. The van der Waals surface area contributed by atoms with E-state index in [4.69, 9.17) is 5.73 Å². The number of carbonyl (C=O) groups excluding carboxylic acids is 1. The molecule has 0 aromatic heterocycles. The zero-order valence-electron chi connectivity index (χ0n) is 9.88. The first-order valence-corrected chi connectivity index (χ1v) is 5.39. The number of hydrogen-bond acceptors (Lipinski definition) is 2. The van der Waals surface area contributed by atoms with E-state index in [9.17, 15) is 22.4 Å². The minimum Gasteiger partial charge on any atom is -0.398 e. The Bertz CT molecular complexity index is 688. The van der Waals surface area contributed by atoms with E-state index >= 15 is 0 Å². The number of benzene rings is 2. The van der Waals surface area contributed by atoms with Gasteiger partial charge in [0.1, 0.15) is 11.6 Å². The third kappa shape index (κ3) is 2.71. The summed E-state index contributed by atoms with van der Waals surface area (Å²) in [4.78, 5) is 11.8. The molecular weight excluding hydrogens is 276 g/mol. The van der Waals surface area contributed by atoms with Gasteiger partial charge in [0.25, 0.3) is 5.91 Å². The van der Waals surface area contributed by atoms with Crippen molar-refractivity contribution in [1.29, 1.82) is 0 Å². The van der Waals surface area contributed by atoms with Gasteiger partial charge in [0.15, 0.2) is 11.6 Å². The Labute approximate surface area is 111 Å². The summed E-state index contributed by atoms with van der Waals surface area (Å²) in [7, 11) is 0. The molecule has 7 heteroatoms. The topological polar surface area (TPSA) is 55.1 Å². The van der Waals surface area contributed by atoms with Crippen LogP contribution in [0.3, 0.4) is 0 Å². The molecule has 0 heterocycles. The summed E-state index contributed by atoms with van der Waals surface area (Å²) in [5, 5.41) is 1.97. The zero-order chi connectivity index (χ0) is 14.9. The Kier molecular flexibility index (Phi) is 3.60. The molecule has 3 N–H and O–H groups in total. The number of nitrogens with two attached hydrogens (primary N) is 1. The highest BCUT2D eigenvalue weighted by atomic mass is 19.2. The molecule has 1 amide bonds. The lowest BCUT2D eigenvalue weighted by atomic mass is 10.1. The lowest BCUT2D eigenvalue weighted by molar-refractivity contribution is 0.102. The first kappa shape index (κ1) is 13.9. The van der Waals surface area contributed by atoms with Gasteiger partial charge in [-0.1, -0.05) is 0 Å². The highest BCUT2D eigenvalue weighted by molar-refractivity contribution is 6.07. The number of nitrogen functional groups attached to an aromatic ring is 1. The average molecular weight is 284 g/mol. The molecular formula is C13H8F4N2O. The number of nitrogens with one attached hydrogen (secondary N) is 1.